The second-order valence-electron chi connectivity index (χ2n) is 3.78. The number of fused-ring (bicyclic) bond motifs is 1. The van der Waals surface area contributed by atoms with Crippen molar-refractivity contribution in [1.29, 1.82) is 0 Å². The van der Waals surface area contributed by atoms with Crippen LogP contribution < -0.4 is 59.1 Å². The van der Waals surface area contributed by atoms with Gasteiger partial charge in [-0.2, -0.15) is 16.8 Å². The van der Waals surface area contributed by atoms with Crippen LogP contribution in [0.2, 0.25) is 0 Å². The van der Waals surface area contributed by atoms with E-state index in [0.717, 1.165) is 12.1 Å². The van der Waals surface area contributed by atoms with E-state index >= 15 is 0 Å². The molecule has 2 aromatic carbocycles. The minimum Gasteiger partial charge on any atom is -1.00 e. The van der Waals surface area contributed by atoms with E-state index in [1.165, 1.54) is 12.1 Å². The molecule has 0 unspecified atom stereocenters. The van der Waals surface area contributed by atoms with Gasteiger partial charge >= 0.3 is 59.1 Å². The summed E-state index contributed by atoms with van der Waals surface area (Å²) in [4.78, 5) is -1.38. The third kappa shape index (κ3) is 4.90. The Morgan fingerprint density at radius 1 is 0.857 bits per heavy atom. The Labute approximate surface area is 168 Å². The fraction of sp³-hybridized carbons (Fsp3) is 0. The second-order valence-corrected chi connectivity index (χ2v) is 6.59. The molecule has 0 aliphatic rings. The number of aromatic hydroxyl groups is 1. The predicted octanol–water partition coefficient (Wildman–Crippen LogP) is -4.73. The Hall–Kier alpha value is 0.320. The summed E-state index contributed by atoms with van der Waals surface area (Å²) in [7, 11) is -9.34. The summed E-state index contributed by atoms with van der Waals surface area (Å²) in [6.07, 6.45) is 0. The van der Waals surface area contributed by atoms with Crippen molar-refractivity contribution in [2.24, 2.45) is 0 Å². The van der Waals surface area contributed by atoms with E-state index in [1.807, 2.05) is 0 Å². The van der Waals surface area contributed by atoms with Crippen LogP contribution in [0.5, 0.6) is 5.75 Å². The summed E-state index contributed by atoms with van der Waals surface area (Å²) >= 11 is 0. The number of hydrogen-bond donors (Lipinski definition) is 3. The number of rotatable bonds is 2. The summed E-state index contributed by atoms with van der Waals surface area (Å²) < 4.78 is 62.6. The Bertz CT molecular complexity index is 885. The van der Waals surface area contributed by atoms with Crippen molar-refractivity contribution < 1.29 is 93.0 Å². The molecule has 0 aliphatic heterocycles. The van der Waals surface area contributed by atoms with Crippen LogP contribution in [0.15, 0.2) is 40.1 Å². The average Bonchev–Trinajstić information content (AvgIpc) is 2.24. The van der Waals surface area contributed by atoms with E-state index in [1.54, 1.807) is 0 Å². The van der Waals surface area contributed by atoms with Gasteiger partial charge in [0.2, 0.25) is 0 Å². The van der Waals surface area contributed by atoms with Gasteiger partial charge in [0.25, 0.3) is 20.2 Å². The Kier molecular flexibility index (Phi) is 7.37. The second kappa shape index (κ2) is 7.26. The first-order chi connectivity index (χ1) is 8.59. The van der Waals surface area contributed by atoms with E-state index < -0.39 is 30.0 Å². The van der Waals surface area contributed by atoms with Gasteiger partial charge in [-0.15, -0.1) is 0 Å². The molecule has 3 N–H and O–H groups in total. The first-order valence-corrected chi connectivity index (χ1v) is 7.69. The molecule has 0 aromatic heterocycles. The Morgan fingerprint density at radius 2 is 1.43 bits per heavy atom. The monoisotopic (exact) mass is 352 g/mol. The molecule has 2 rings (SSSR count). The maximum absolute atomic E-state index is 11.2. The zero-order chi connectivity index (χ0) is 14.4. The van der Waals surface area contributed by atoms with Gasteiger partial charge in [0.1, 0.15) is 10.6 Å². The van der Waals surface area contributed by atoms with Gasteiger partial charge in [0.05, 0.1) is 4.90 Å². The first-order valence-electron chi connectivity index (χ1n) is 4.81. The van der Waals surface area contributed by atoms with Crippen LogP contribution in [-0.2, 0) is 20.2 Å². The SMILES string of the molecule is O=S(=O)(O)c1cc(S(=O)(=O)O)c2cc(O)ccc2c1.[H-].[H-].[Na+].[Na+]. The van der Waals surface area contributed by atoms with Gasteiger partial charge in [-0.05, 0) is 29.7 Å². The summed E-state index contributed by atoms with van der Waals surface area (Å²) in [5.74, 6) is -0.253. The van der Waals surface area contributed by atoms with Crippen LogP contribution in [0.25, 0.3) is 10.8 Å². The smallest absolute Gasteiger partial charge is 1.00 e. The molecule has 11 heteroatoms. The van der Waals surface area contributed by atoms with Gasteiger partial charge in [-0.3, -0.25) is 9.11 Å². The van der Waals surface area contributed by atoms with Crippen molar-refractivity contribution in [3.8, 4) is 5.75 Å². The van der Waals surface area contributed by atoms with Crippen molar-refractivity contribution in [2.75, 3.05) is 0 Å². The molecule has 0 saturated carbocycles. The van der Waals surface area contributed by atoms with E-state index in [4.69, 9.17) is 9.11 Å². The van der Waals surface area contributed by atoms with Crippen LogP contribution in [-0.4, -0.2) is 31.0 Å². The molecule has 0 fully saturated rings. The number of phenolic OH excluding ortho intramolecular Hbond substituents is 1. The standard InChI is InChI=1S/C10H8O7S2.2Na.2H/c11-7-2-1-6-3-8(18(12,13)14)5-10(9(6)4-7)19(15,16)17;;;;/h1-5,11H,(H,12,13,14)(H,15,16,17);;;;/q;2*+1;2*-1. The maximum atomic E-state index is 11.2. The quantitative estimate of drug-likeness (QED) is 0.366. The minimum atomic E-state index is -4.72. The molecule has 0 spiro atoms. The molecule has 0 radical (unpaired) electrons. The van der Waals surface area contributed by atoms with Crippen molar-refractivity contribution in [3.05, 3.63) is 30.3 Å². The zero-order valence-electron chi connectivity index (χ0n) is 13.2. The molecular weight excluding hydrogens is 342 g/mol. The van der Waals surface area contributed by atoms with Gasteiger partial charge in [0.15, 0.2) is 0 Å². The summed E-state index contributed by atoms with van der Waals surface area (Å²) in [5.41, 5.74) is 0. The molecule has 21 heavy (non-hydrogen) atoms. The third-order valence-corrected chi connectivity index (χ3v) is 4.17. The molecular formula is C10H10Na2O7S2. The minimum absolute atomic E-state index is 0. The van der Waals surface area contributed by atoms with Crippen LogP contribution in [0.1, 0.15) is 2.85 Å². The van der Waals surface area contributed by atoms with Crippen LogP contribution in [0, 0.1) is 0 Å². The van der Waals surface area contributed by atoms with Crippen molar-refractivity contribution in [1.82, 2.24) is 0 Å². The largest absolute Gasteiger partial charge is 1.00 e. The van der Waals surface area contributed by atoms with E-state index in [-0.39, 0.29) is 78.5 Å². The third-order valence-electron chi connectivity index (χ3n) is 2.45. The molecule has 0 amide bonds. The number of phenols is 1. The first kappa shape index (κ1) is 21.3. The fourth-order valence-corrected chi connectivity index (χ4v) is 3.00. The van der Waals surface area contributed by atoms with Crippen LogP contribution >= 0.6 is 0 Å². The van der Waals surface area contributed by atoms with Crippen molar-refractivity contribution in [2.45, 2.75) is 9.79 Å². The van der Waals surface area contributed by atoms with Crippen molar-refractivity contribution >= 4 is 31.0 Å². The van der Waals surface area contributed by atoms with Gasteiger partial charge < -0.3 is 7.96 Å². The number of benzene rings is 2. The molecule has 0 heterocycles. The van der Waals surface area contributed by atoms with E-state index in [0.29, 0.717) is 6.07 Å². The van der Waals surface area contributed by atoms with Crippen molar-refractivity contribution in [3.63, 3.8) is 0 Å². The molecule has 0 aliphatic carbocycles. The summed E-state index contributed by atoms with van der Waals surface area (Å²) in [6, 6.07) is 5.18. The summed E-state index contributed by atoms with van der Waals surface area (Å²) in [6.45, 7) is 0. The summed E-state index contributed by atoms with van der Waals surface area (Å²) in [5, 5.41) is 9.37. The zero-order valence-corrected chi connectivity index (χ0v) is 16.8. The van der Waals surface area contributed by atoms with Crippen LogP contribution in [0.4, 0.5) is 0 Å². The molecule has 0 saturated heterocycles. The molecule has 106 valence electrons. The van der Waals surface area contributed by atoms with Crippen LogP contribution in [0.3, 0.4) is 0 Å². The molecule has 2 aromatic rings. The Balaban J connectivity index is -0.000001000. The predicted molar refractivity (Wildman–Crippen MR) is 67.5 cm³/mol. The molecule has 0 atom stereocenters. The van der Waals surface area contributed by atoms with E-state index in [9.17, 15) is 21.9 Å². The number of hydrogen-bond acceptors (Lipinski definition) is 5. The van der Waals surface area contributed by atoms with Gasteiger partial charge in [-0.25, -0.2) is 0 Å². The molecule has 7 nitrogen and oxygen atoms in total. The maximum Gasteiger partial charge on any atom is 1.00 e. The fourth-order valence-electron chi connectivity index (χ4n) is 1.65. The average molecular weight is 352 g/mol. The molecule has 0 bridgehead atoms. The van der Waals surface area contributed by atoms with Gasteiger partial charge in [0, 0.05) is 5.39 Å². The van der Waals surface area contributed by atoms with Gasteiger partial charge in [-0.1, -0.05) is 6.07 Å². The normalized spacial score (nSPS) is 11.5. The van der Waals surface area contributed by atoms with E-state index in [2.05, 4.69) is 0 Å². The topological polar surface area (TPSA) is 129 Å². The Morgan fingerprint density at radius 3 is 1.90 bits per heavy atom.